The van der Waals surface area contributed by atoms with Crippen LogP contribution in [0.15, 0.2) is 42.5 Å². The zero-order chi connectivity index (χ0) is 21.5. The van der Waals surface area contributed by atoms with Crippen LogP contribution >= 0.6 is 11.6 Å². The van der Waals surface area contributed by atoms with Crippen molar-refractivity contribution < 1.29 is 23.9 Å². The van der Waals surface area contributed by atoms with Gasteiger partial charge in [-0.2, -0.15) is 0 Å². The lowest BCUT2D eigenvalue weighted by Crippen LogP contribution is -2.43. The molecule has 4 amide bonds. The van der Waals surface area contributed by atoms with Gasteiger partial charge in [0.1, 0.15) is 12.1 Å². The number of hydrogen-bond donors (Lipinski definition) is 2. The zero-order valence-corrected chi connectivity index (χ0v) is 16.8. The van der Waals surface area contributed by atoms with E-state index >= 15 is 0 Å². The molecule has 0 bridgehead atoms. The Hall–Kier alpha value is -3.39. The van der Waals surface area contributed by atoms with Crippen LogP contribution in [0.5, 0.6) is 0 Å². The number of imide groups is 1. The van der Waals surface area contributed by atoms with E-state index < -0.39 is 35.9 Å². The van der Waals surface area contributed by atoms with Crippen molar-refractivity contribution in [3.05, 3.63) is 64.2 Å². The van der Waals surface area contributed by atoms with Gasteiger partial charge < -0.3 is 15.4 Å². The summed E-state index contributed by atoms with van der Waals surface area (Å²) in [5.74, 6) is -1.66. The number of aryl methyl sites for hydroxylation is 1. The Labute approximate surface area is 177 Å². The average Bonchev–Trinajstić information content (AvgIpc) is 3.22. The number of fused-ring (bicyclic) bond motifs is 2. The van der Waals surface area contributed by atoms with E-state index in [-0.39, 0.29) is 16.3 Å². The molecule has 2 aliphatic rings. The molecule has 0 radical (unpaired) electrons. The van der Waals surface area contributed by atoms with E-state index in [0.717, 1.165) is 16.0 Å². The maximum absolute atomic E-state index is 13.1. The van der Waals surface area contributed by atoms with E-state index in [0.29, 0.717) is 12.8 Å². The molecule has 1 fully saturated rings. The van der Waals surface area contributed by atoms with Gasteiger partial charge in [-0.15, -0.1) is 0 Å². The third-order valence-electron chi connectivity index (χ3n) is 5.39. The molecule has 1 spiro atoms. The molecule has 2 aromatic carbocycles. The number of halogens is 1. The molecule has 4 rings (SSSR count). The minimum Gasteiger partial charge on any atom is -0.465 e. The van der Waals surface area contributed by atoms with Gasteiger partial charge in [0.15, 0.2) is 0 Å². The third kappa shape index (κ3) is 3.19. The van der Waals surface area contributed by atoms with Crippen LogP contribution in [0.25, 0.3) is 0 Å². The van der Waals surface area contributed by atoms with Crippen molar-refractivity contribution in [3.63, 3.8) is 0 Å². The third-order valence-corrected chi connectivity index (χ3v) is 5.72. The maximum Gasteiger partial charge on any atom is 0.337 e. The molecule has 1 saturated heterocycles. The fraction of sp³-hybridized carbons (Fsp3) is 0.238. The second kappa shape index (κ2) is 7.46. The number of rotatable bonds is 4. The number of carbonyl (C=O) groups excluding carboxylic acids is 4. The summed E-state index contributed by atoms with van der Waals surface area (Å²) in [4.78, 5) is 50.8. The van der Waals surface area contributed by atoms with Crippen molar-refractivity contribution in [2.75, 3.05) is 19.0 Å². The lowest BCUT2D eigenvalue weighted by molar-refractivity contribution is -0.134. The average molecular weight is 428 g/mol. The Morgan fingerprint density at radius 3 is 2.77 bits per heavy atom. The lowest BCUT2D eigenvalue weighted by Gasteiger charge is -2.22. The number of carbonyl (C=O) groups is 4. The number of urea groups is 1. The highest BCUT2D eigenvalue weighted by Crippen LogP contribution is 2.41. The van der Waals surface area contributed by atoms with Gasteiger partial charge >= 0.3 is 12.0 Å². The lowest BCUT2D eigenvalue weighted by atomic mass is 9.92. The van der Waals surface area contributed by atoms with Crippen LogP contribution in [0, 0.1) is 0 Å². The zero-order valence-electron chi connectivity index (χ0n) is 16.0. The van der Waals surface area contributed by atoms with Gasteiger partial charge in [-0.3, -0.25) is 14.5 Å². The standard InChI is InChI=1S/C21H18ClN3O5/c1-30-18(27)13-6-7-15(22)16(10-13)23-17(26)11-25-19(28)21(24-20(25)29)9-8-12-4-2-3-5-14(12)21/h2-7,10H,8-9,11H2,1H3,(H,23,26)(H,24,29). The molecule has 0 saturated carbocycles. The summed E-state index contributed by atoms with van der Waals surface area (Å²) in [6, 6.07) is 11.1. The first kappa shape index (κ1) is 19.9. The van der Waals surface area contributed by atoms with Gasteiger partial charge in [-0.25, -0.2) is 9.59 Å². The van der Waals surface area contributed by atoms with E-state index in [4.69, 9.17) is 11.6 Å². The second-order valence-corrected chi connectivity index (χ2v) is 7.53. The first-order valence-electron chi connectivity index (χ1n) is 9.26. The molecule has 2 N–H and O–H groups in total. The largest absolute Gasteiger partial charge is 0.465 e. The van der Waals surface area contributed by atoms with E-state index in [1.165, 1.54) is 25.3 Å². The molecule has 1 atom stereocenters. The highest BCUT2D eigenvalue weighted by atomic mass is 35.5. The highest BCUT2D eigenvalue weighted by molar-refractivity contribution is 6.34. The summed E-state index contributed by atoms with van der Waals surface area (Å²) in [5, 5.41) is 5.51. The SMILES string of the molecule is COC(=O)c1ccc(Cl)c(NC(=O)CN2C(=O)NC3(CCc4ccccc43)C2=O)c1. The Kier molecular flexibility index (Phi) is 4.95. The van der Waals surface area contributed by atoms with Crippen LogP contribution in [-0.4, -0.2) is 42.4 Å². The van der Waals surface area contributed by atoms with E-state index in [2.05, 4.69) is 15.4 Å². The summed E-state index contributed by atoms with van der Waals surface area (Å²) < 4.78 is 4.65. The maximum atomic E-state index is 13.1. The number of nitrogens with one attached hydrogen (secondary N) is 2. The molecule has 1 unspecified atom stereocenters. The minimum absolute atomic E-state index is 0.178. The molecule has 30 heavy (non-hydrogen) atoms. The first-order chi connectivity index (χ1) is 14.4. The molecule has 1 aliphatic heterocycles. The fourth-order valence-electron chi connectivity index (χ4n) is 3.93. The van der Waals surface area contributed by atoms with Gasteiger partial charge in [0.2, 0.25) is 5.91 Å². The van der Waals surface area contributed by atoms with Gasteiger partial charge in [0, 0.05) is 0 Å². The topological polar surface area (TPSA) is 105 Å². The molecule has 2 aromatic rings. The van der Waals surface area contributed by atoms with Crippen LogP contribution < -0.4 is 10.6 Å². The smallest absolute Gasteiger partial charge is 0.337 e. The normalized spacial score (nSPS) is 19.6. The number of methoxy groups -OCH3 is 1. The van der Waals surface area contributed by atoms with Crippen molar-refractivity contribution in [2.45, 2.75) is 18.4 Å². The fourth-order valence-corrected chi connectivity index (χ4v) is 4.10. The van der Waals surface area contributed by atoms with E-state index in [1.807, 2.05) is 24.3 Å². The Morgan fingerprint density at radius 1 is 1.23 bits per heavy atom. The summed E-state index contributed by atoms with van der Waals surface area (Å²) in [6.07, 6.45) is 1.11. The van der Waals surface area contributed by atoms with Crippen molar-refractivity contribution in [1.82, 2.24) is 10.2 Å². The van der Waals surface area contributed by atoms with Gasteiger partial charge in [0.05, 0.1) is 23.4 Å². The Morgan fingerprint density at radius 2 is 2.00 bits per heavy atom. The van der Waals surface area contributed by atoms with Crippen molar-refractivity contribution in [2.24, 2.45) is 0 Å². The molecular formula is C21H18ClN3O5. The number of anilines is 1. The van der Waals surface area contributed by atoms with Crippen LogP contribution in [0.4, 0.5) is 10.5 Å². The van der Waals surface area contributed by atoms with Crippen LogP contribution in [0.2, 0.25) is 5.02 Å². The molecule has 154 valence electrons. The number of benzene rings is 2. The summed E-state index contributed by atoms with van der Waals surface area (Å²) >= 11 is 6.09. The van der Waals surface area contributed by atoms with Gasteiger partial charge in [-0.05, 0) is 42.2 Å². The summed E-state index contributed by atoms with van der Waals surface area (Å²) in [6.45, 7) is -0.479. The van der Waals surface area contributed by atoms with Crippen LogP contribution in [0.3, 0.4) is 0 Å². The molecular weight excluding hydrogens is 410 g/mol. The Bertz CT molecular complexity index is 1090. The van der Waals surface area contributed by atoms with Crippen molar-refractivity contribution >= 4 is 41.1 Å². The molecule has 9 heteroatoms. The van der Waals surface area contributed by atoms with Crippen molar-refractivity contribution in [1.29, 1.82) is 0 Å². The number of hydrogen-bond acceptors (Lipinski definition) is 5. The molecule has 8 nitrogen and oxygen atoms in total. The van der Waals surface area contributed by atoms with Crippen molar-refractivity contribution in [3.8, 4) is 0 Å². The van der Waals surface area contributed by atoms with E-state index in [9.17, 15) is 19.2 Å². The molecule has 1 heterocycles. The first-order valence-corrected chi connectivity index (χ1v) is 9.64. The number of nitrogens with zero attached hydrogens (tertiary/aromatic N) is 1. The molecule has 0 aromatic heterocycles. The molecule has 1 aliphatic carbocycles. The number of amides is 4. The minimum atomic E-state index is -1.13. The highest BCUT2D eigenvalue weighted by Gasteiger charge is 2.55. The quantitative estimate of drug-likeness (QED) is 0.576. The summed E-state index contributed by atoms with van der Waals surface area (Å²) in [7, 11) is 1.24. The summed E-state index contributed by atoms with van der Waals surface area (Å²) in [5.41, 5.74) is 1.02. The van der Waals surface area contributed by atoms with Crippen LogP contribution in [0.1, 0.15) is 27.9 Å². The Balaban J connectivity index is 1.52. The van der Waals surface area contributed by atoms with Crippen LogP contribution in [-0.2, 0) is 26.3 Å². The second-order valence-electron chi connectivity index (χ2n) is 7.12. The van der Waals surface area contributed by atoms with Gasteiger partial charge in [-0.1, -0.05) is 35.9 Å². The monoisotopic (exact) mass is 427 g/mol. The van der Waals surface area contributed by atoms with Gasteiger partial charge in [0.25, 0.3) is 5.91 Å². The number of ether oxygens (including phenoxy) is 1. The predicted octanol–water partition coefficient (Wildman–Crippen LogP) is 2.46. The number of esters is 1. The van der Waals surface area contributed by atoms with E-state index in [1.54, 1.807) is 0 Å². The predicted molar refractivity (Wildman–Crippen MR) is 108 cm³/mol.